The van der Waals surface area contributed by atoms with Crippen LogP contribution in [-0.4, -0.2) is 35.9 Å². The standard InChI is InChI=1S/C19H20ClNO5/c1-10-16(19(24)25-4)11(2)21-17(10)18(23)12(3)26-15(22)9-13-5-7-14(20)8-6-13/h5-8,12,21H,9H2,1-4H3/t12-/m1/s1. The van der Waals surface area contributed by atoms with Gasteiger partial charge < -0.3 is 14.5 Å². The van der Waals surface area contributed by atoms with E-state index in [1.807, 2.05) is 0 Å². The van der Waals surface area contributed by atoms with Crippen LogP contribution in [0.1, 0.15) is 44.6 Å². The highest BCUT2D eigenvalue weighted by Crippen LogP contribution is 2.21. The predicted molar refractivity (Wildman–Crippen MR) is 96.6 cm³/mol. The van der Waals surface area contributed by atoms with Gasteiger partial charge in [-0.2, -0.15) is 0 Å². The van der Waals surface area contributed by atoms with Gasteiger partial charge in [-0.25, -0.2) is 4.79 Å². The molecular formula is C19H20ClNO5. The van der Waals surface area contributed by atoms with Crippen LogP contribution in [0.3, 0.4) is 0 Å². The molecule has 2 rings (SSSR count). The zero-order valence-corrected chi connectivity index (χ0v) is 15.8. The molecule has 0 bridgehead atoms. The van der Waals surface area contributed by atoms with Crippen molar-refractivity contribution in [2.45, 2.75) is 33.3 Å². The third kappa shape index (κ3) is 4.32. The van der Waals surface area contributed by atoms with Crippen LogP contribution in [0, 0.1) is 13.8 Å². The van der Waals surface area contributed by atoms with Crippen molar-refractivity contribution in [3.05, 3.63) is 57.4 Å². The number of hydrogen-bond acceptors (Lipinski definition) is 5. The van der Waals surface area contributed by atoms with Gasteiger partial charge >= 0.3 is 11.9 Å². The van der Waals surface area contributed by atoms with E-state index in [4.69, 9.17) is 21.1 Å². The minimum Gasteiger partial charge on any atom is -0.465 e. The summed E-state index contributed by atoms with van der Waals surface area (Å²) in [5.41, 5.74) is 2.28. The Kier molecular flexibility index (Phi) is 6.21. The summed E-state index contributed by atoms with van der Waals surface area (Å²) in [6, 6.07) is 6.80. The molecule has 138 valence electrons. The Bertz CT molecular complexity index is 838. The number of methoxy groups -OCH3 is 1. The van der Waals surface area contributed by atoms with Crippen LogP contribution in [0.2, 0.25) is 5.02 Å². The average Bonchev–Trinajstić information content (AvgIpc) is 2.90. The number of halogens is 1. The van der Waals surface area contributed by atoms with E-state index in [0.29, 0.717) is 21.8 Å². The van der Waals surface area contributed by atoms with Crippen LogP contribution in [0.4, 0.5) is 0 Å². The second-order valence-electron chi connectivity index (χ2n) is 5.92. The summed E-state index contributed by atoms with van der Waals surface area (Å²) in [5.74, 6) is -1.46. The lowest BCUT2D eigenvalue weighted by atomic mass is 10.1. The van der Waals surface area contributed by atoms with E-state index in [1.165, 1.54) is 14.0 Å². The fourth-order valence-electron chi connectivity index (χ4n) is 2.67. The van der Waals surface area contributed by atoms with Gasteiger partial charge in [0.15, 0.2) is 6.10 Å². The summed E-state index contributed by atoms with van der Waals surface area (Å²) in [7, 11) is 1.27. The molecule has 0 aliphatic carbocycles. The minimum atomic E-state index is -0.989. The van der Waals surface area contributed by atoms with Crippen molar-refractivity contribution in [2.24, 2.45) is 0 Å². The van der Waals surface area contributed by atoms with E-state index in [-0.39, 0.29) is 12.1 Å². The fourth-order valence-corrected chi connectivity index (χ4v) is 2.80. The number of H-pyrrole nitrogens is 1. The number of aryl methyl sites for hydroxylation is 1. The molecule has 0 aliphatic heterocycles. The van der Waals surface area contributed by atoms with Crippen molar-refractivity contribution in [1.82, 2.24) is 4.98 Å². The van der Waals surface area contributed by atoms with Crippen molar-refractivity contribution in [3.8, 4) is 0 Å². The Hall–Kier alpha value is -2.60. The summed E-state index contributed by atoms with van der Waals surface area (Å²) in [4.78, 5) is 39.4. The molecule has 26 heavy (non-hydrogen) atoms. The number of carbonyl (C=O) groups is 3. The molecule has 1 atom stereocenters. The average molecular weight is 378 g/mol. The summed E-state index contributed by atoms with van der Waals surface area (Å²) in [6.07, 6.45) is -0.956. The highest BCUT2D eigenvalue weighted by molar-refractivity contribution is 6.30. The van der Waals surface area contributed by atoms with E-state index in [2.05, 4.69) is 4.98 Å². The molecule has 0 fully saturated rings. The smallest absolute Gasteiger partial charge is 0.339 e. The third-order valence-corrected chi connectivity index (χ3v) is 4.26. The van der Waals surface area contributed by atoms with Crippen LogP contribution in [0.5, 0.6) is 0 Å². The first-order valence-corrected chi connectivity index (χ1v) is 8.38. The SMILES string of the molecule is COC(=O)c1c(C)[nH]c(C(=O)[C@@H](C)OC(=O)Cc2ccc(Cl)cc2)c1C. The molecule has 0 aliphatic rings. The molecule has 7 heteroatoms. The van der Waals surface area contributed by atoms with E-state index in [9.17, 15) is 14.4 Å². The van der Waals surface area contributed by atoms with Crippen molar-refractivity contribution in [3.63, 3.8) is 0 Å². The van der Waals surface area contributed by atoms with Crippen LogP contribution in [0.15, 0.2) is 24.3 Å². The molecule has 6 nitrogen and oxygen atoms in total. The number of rotatable bonds is 6. The number of hydrogen-bond donors (Lipinski definition) is 1. The molecule has 0 unspecified atom stereocenters. The monoisotopic (exact) mass is 377 g/mol. The lowest BCUT2D eigenvalue weighted by molar-refractivity contribution is -0.145. The molecule has 1 N–H and O–H groups in total. The predicted octanol–water partition coefficient (Wildman–Crippen LogP) is 3.43. The normalized spacial score (nSPS) is 11.7. The van der Waals surface area contributed by atoms with Gasteiger partial charge in [-0.15, -0.1) is 0 Å². The Balaban J connectivity index is 2.08. The van der Waals surface area contributed by atoms with Crippen LogP contribution in [-0.2, 0) is 20.7 Å². The summed E-state index contributed by atoms with van der Waals surface area (Å²) < 4.78 is 9.96. The van der Waals surface area contributed by atoms with Gasteiger partial charge in [0.2, 0.25) is 5.78 Å². The Morgan fingerprint density at radius 3 is 2.35 bits per heavy atom. The molecule has 1 heterocycles. The Morgan fingerprint density at radius 1 is 1.15 bits per heavy atom. The highest BCUT2D eigenvalue weighted by atomic mass is 35.5. The number of carbonyl (C=O) groups excluding carboxylic acids is 3. The van der Waals surface area contributed by atoms with Crippen molar-refractivity contribution in [2.75, 3.05) is 7.11 Å². The molecule has 0 amide bonds. The first kappa shape index (κ1) is 19.7. The number of esters is 2. The second-order valence-corrected chi connectivity index (χ2v) is 6.35. The number of ketones is 1. The molecule has 2 aromatic rings. The number of benzene rings is 1. The zero-order chi connectivity index (χ0) is 19.4. The lowest BCUT2D eigenvalue weighted by Crippen LogP contribution is -2.26. The maximum Gasteiger partial charge on any atom is 0.339 e. The van der Waals surface area contributed by atoms with Gasteiger partial charge in [0.05, 0.1) is 24.8 Å². The van der Waals surface area contributed by atoms with Gasteiger partial charge in [-0.3, -0.25) is 9.59 Å². The minimum absolute atomic E-state index is 0.0327. The van der Waals surface area contributed by atoms with Crippen LogP contribution >= 0.6 is 11.6 Å². The van der Waals surface area contributed by atoms with Gasteiger partial charge in [0.25, 0.3) is 0 Å². The van der Waals surface area contributed by atoms with Crippen molar-refractivity contribution in [1.29, 1.82) is 0 Å². The van der Waals surface area contributed by atoms with E-state index < -0.39 is 23.8 Å². The summed E-state index contributed by atoms with van der Waals surface area (Å²) in [6.45, 7) is 4.81. The molecule has 0 radical (unpaired) electrons. The first-order valence-electron chi connectivity index (χ1n) is 8.00. The highest BCUT2D eigenvalue weighted by Gasteiger charge is 2.27. The van der Waals surface area contributed by atoms with Crippen LogP contribution < -0.4 is 0 Å². The largest absolute Gasteiger partial charge is 0.465 e. The fraction of sp³-hybridized carbons (Fsp3) is 0.316. The van der Waals surface area contributed by atoms with E-state index >= 15 is 0 Å². The summed E-state index contributed by atoms with van der Waals surface area (Å²) >= 11 is 5.81. The number of nitrogens with one attached hydrogen (secondary N) is 1. The van der Waals surface area contributed by atoms with Gasteiger partial charge in [0, 0.05) is 10.7 Å². The van der Waals surface area contributed by atoms with Gasteiger partial charge in [-0.1, -0.05) is 23.7 Å². The van der Waals surface area contributed by atoms with Gasteiger partial charge in [0.1, 0.15) is 0 Å². The van der Waals surface area contributed by atoms with E-state index in [0.717, 1.165) is 5.56 Å². The molecular weight excluding hydrogens is 358 g/mol. The maximum atomic E-state index is 12.6. The Morgan fingerprint density at radius 2 is 1.77 bits per heavy atom. The van der Waals surface area contributed by atoms with Crippen molar-refractivity contribution >= 4 is 29.3 Å². The van der Waals surface area contributed by atoms with E-state index in [1.54, 1.807) is 38.1 Å². The van der Waals surface area contributed by atoms with Crippen LogP contribution in [0.25, 0.3) is 0 Å². The first-order chi connectivity index (χ1) is 12.2. The lowest BCUT2D eigenvalue weighted by Gasteiger charge is -2.12. The summed E-state index contributed by atoms with van der Waals surface area (Å²) in [5, 5.41) is 0.574. The number of aromatic amines is 1. The second kappa shape index (κ2) is 8.19. The number of aromatic nitrogens is 1. The zero-order valence-electron chi connectivity index (χ0n) is 15.0. The number of ether oxygens (including phenoxy) is 2. The topological polar surface area (TPSA) is 85.5 Å². The van der Waals surface area contributed by atoms with Gasteiger partial charge in [-0.05, 0) is 44.0 Å². The molecule has 1 aromatic carbocycles. The third-order valence-electron chi connectivity index (χ3n) is 4.01. The van der Waals surface area contributed by atoms with Crippen molar-refractivity contribution < 1.29 is 23.9 Å². The number of Topliss-reactive ketones (excluding diaryl/α,β-unsaturated/α-hetero) is 1. The molecule has 0 saturated carbocycles. The molecule has 0 spiro atoms. The molecule has 0 saturated heterocycles. The molecule has 1 aromatic heterocycles. The quantitative estimate of drug-likeness (QED) is 0.615. The Labute approximate surface area is 156 Å². The maximum absolute atomic E-state index is 12.6.